The van der Waals surface area contributed by atoms with E-state index in [9.17, 15) is 12.8 Å². The summed E-state index contributed by atoms with van der Waals surface area (Å²) in [6.45, 7) is 5.52. The largest absolute Gasteiger partial charge is 0.369 e. The van der Waals surface area contributed by atoms with Crippen LogP contribution in [0, 0.1) is 19.7 Å². The van der Waals surface area contributed by atoms with Crippen LogP contribution in [0.4, 0.5) is 10.1 Å². The van der Waals surface area contributed by atoms with Gasteiger partial charge in [-0.15, -0.1) is 0 Å². The zero-order valence-electron chi connectivity index (χ0n) is 14.2. The van der Waals surface area contributed by atoms with Crippen molar-refractivity contribution in [2.45, 2.75) is 18.7 Å². The Morgan fingerprint density at radius 3 is 2.32 bits per heavy atom. The Hall–Kier alpha value is -1.63. The maximum Gasteiger partial charge on any atom is 0.243 e. The number of piperazine rings is 1. The number of hydrogen-bond acceptors (Lipinski definition) is 3. The van der Waals surface area contributed by atoms with Gasteiger partial charge in [0.25, 0.3) is 0 Å². The van der Waals surface area contributed by atoms with Gasteiger partial charge in [0.15, 0.2) is 0 Å². The number of nitrogens with zero attached hydrogens (tertiary/aromatic N) is 2. The molecule has 1 heterocycles. The van der Waals surface area contributed by atoms with Crippen LogP contribution in [0.15, 0.2) is 41.3 Å². The third kappa shape index (κ3) is 3.66. The second-order valence-electron chi connectivity index (χ2n) is 6.26. The lowest BCUT2D eigenvalue weighted by molar-refractivity contribution is 0.384. The number of aryl methyl sites for hydroxylation is 2. The first-order valence-corrected chi connectivity index (χ1v) is 9.88. The van der Waals surface area contributed by atoms with E-state index in [1.54, 1.807) is 18.2 Å². The summed E-state index contributed by atoms with van der Waals surface area (Å²) in [6.07, 6.45) is 0. The zero-order valence-corrected chi connectivity index (χ0v) is 15.7. The lowest BCUT2D eigenvalue weighted by atomic mass is 10.2. The second-order valence-corrected chi connectivity index (χ2v) is 8.57. The summed E-state index contributed by atoms with van der Waals surface area (Å²) in [5, 5.41) is 0.0722. The molecule has 3 rings (SSSR count). The number of rotatable bonds is 3. The van der Waals surface area contributed by atoms with Gasteiger partial charge in [0.1, 0.15) is 5.82 Å². The maximum absolute atomic E-state index is 13.3. The number of halogens is 2. The highest BCUT2D eigenvalue weighted by Crippen LogP contribution is 2.26. The third-order valence-corrected chi connectivity index (χ3v) is 6.80. The molecule has 0 N–H and O–H groups in total. The molecule has 2 aromatic rings. The molecule has 0 radical (unpaired) electrons. The van der Waals surface area contributed by atoms with Gasteiger partial charge in [-0.05, 0) is 49.2 Å². The molecule has 1 aliphatic rings. The molecule has 0 spiro atoms. The van der Waals surface area contributed by atoms with Crippen LogP contribution in [0.5, 0.6) is 0 Å². The smallest absolute Gasteiger partial charge is 0.243 e. The van der Waals surface area contributed by atoms with Crippen LogP contribution in [0.3, 0.4) is 0 Å². The molecular formula is C18H20ClFN2O2S. The Morgan fingerprint density at radius 2 is 1.68 bits per heavy atom. The van der Waals surface area contributed by atoms with Gasteiger partial charge < -0.3 is 4.90 Å². The molecule has 2 aromatic carbocycles. The van der Waals surface area contributed by atoms with E-state index in [0.29, 0.717) is 31.1 Å². The quantitative estimate of drug-likeness (QED) is 0.814. The number of hydrogen-bond donors (Lipinski definition) is 0. The van der Waals surface area contributed by atoms with Crippen molar-refractivity contribution in [2.24, 2.45) is 0 Å². The zero-order chi connectivity index (χ0) is 18.2. The summed E-state index contributed by atoms with van der Waals surface area (Å²) in [7, 11) is -3.52. The van der Waals surface area contributed by atoms with Crippen molar-refractivity contribution in [3.8, 4) is 0 Å². The molecule has 1 aliphatic heterocycles. The Bertz CT molecular complexity index is 894. The predicted molar refractivity (Wildman–Crippen MR) is 98.3 cm³/mol. The first-order valence-electron chi connectivity index (χ1n) is 8.06. The molecule has 1 fully saturated rings. The SMILES string of the molecule is Cc1ccc(C)c(S(=O)(=O)N2CCN(c3ccc(F)c(Cl)c3)CC2)c1. The van der Waals surface area contributed by atoms with Crippen molar-refractivity contribution in [3.63, 3.8) is 0 Å². The van der Waals surface area contributed by atoms with Crippen molar-refractivity contribution in [3.05, 3.63) is 58.4 Å². The van der Waals surface area contributed by atoms with Crippen LogP contribution < -0.4 is 4.90 Å². The fraction of sp³-hybridized carbons (Fsp3) is 0.333. The van der Waals surface area contributed by atoms with E-state index in [4.69, 9.17) is 11.6 Å². The molecule has 0 bridgehead atoms. The molecule has 0 saturated carbocycles. The van der Waals surface area contributed by atoms with Crippen LogP contribution in [0.1, 0.15) is 11.1 Å². The van der Waals surface area contributed by atoms with Gasteiger partial charge in [-0.25, -0.2) is 12.8 Å². The van der Waals surface area contributed by atoms with Gasteiger partial charge in [0.05, 0.1) is 9.92 Å². The first-order chi connectivity index (χ1) is 11.8. The van der Waals surface area contributed by atoms with E-state index in [1.807, 2.05) is 30.9 Å². The highest BCUT2D eigenvalue weighted by Gasteiger charge is 2.29. The molecule has 1 saturated heterocycles. The summed E-state index contributed by atoms with van der Waals surface area (Å²) in [5.74, 6) is -0.457. The van der Waals surface area contributed by atoms with Crippen molar-refractivity contribution >= 4 is 27.3 Å². The Morgan fingerprint density at radius 1 is 1.00 bits per heavy atom. The molecule has 25 heavy (non-hydrogen) atoms. The van der Waals surface area contributed by atoms with Gasteiger partial charge in [-0.1, -0.05) is 23.7 Å². The maximum atomic E-state index is 13.3. The van der Waals surface area contributed by atoms with Gasteiger partial charge in [-0.3, -0.25) is 0 Å². The highest BCUT2D eigenvalue weighted by molar-refractivity contribution is 7.89. The lowest BCUT2D eigenvalue weighted by Crippen LogP contribution is -2.48. The van der Waals surface area contributed by atoms with Gasteiger partial charge in [0.2, 0.25) is 10.0 Å². The van der Waals surface area contributed by atoms with Crippen molar-refractivity contribution in [1.82, 2.24) is 4.31 Å². The minimum absolute atomic E-state index is 0.0722. The molecular weight excluding hydrogens is 363 g/mol. The fourth-order valence-corrected chi connectivity index (χ4v) is 4.90. The van der Waals surface area contributed by atoms with Gasteiger partial charge in [0, 0.05) is 31.9 Å². The Labute approximate surface area is 152 Å². The van der Waals surface area contributed by atoms with Crippen LogP contribution in [-0.4, -0.2) is 38.9 Å². The third-order valence-electron chi connectivity index (χ3n) is 4.47. The molecule has 134 valence electrons. The van der Waals surface area contributed by atoms with Crippen LogP contribution in [0.25, 0.3) is 0 Å². The van der Waals surface area contributed by atoms with E-state index in [0.717, 1.165) is 16.8 Å². The number of sulfonamides is 1. The minimum atomic E-state index is -3.52. The van der Waals surface area contributed by atoms with E-state index >= 15 is 0 Å². The predicted octanol–water partition coefficient (Wildman–Crippen LogP) is 3.61. The van der Waals surface area contributed by atoms with Crippen LogP contribution in [-0.2, 0) is 10.0 Å². The fourth-order valence-electron chi connectivity index (χ4n) is 2.99. The average molecular weight is 383 g/mol. The standard InChI is InChI=1S/C18H20ClFN2O2S/c1-13-3-4-14(2)18(11-13)25(23,24)22-9-7-21(8-10-22)15-5-6-17(20)16(19)12-15/h3-6,11-12H,7-10H2,1-2H3. The molecule has 0 aliphatic carbocycles. The monoisotopic (exact) mass is 382 g/mol. The van der Waals surface area contributed by atoms with Crippen molar-refractivity contribution in [1.29, 1.82) is 0 Å². The molecule has 0 amide bonds. The summed E-state index contributed by atoms with van der Waals surface area (Å²) < 4.78 is 40.7. The molecule has 0 atom stereocenters. The van der Waals surface area contributed by atoms with Gasteiger partial charge in [-0.2, -0.15) is 4.31 Å². The van der Waals surface area contributed by atoms with E-state index in [1.165, 1.54) is 10.4 Å². The molecule has 0 aromatic heterocycles. The number of benzene rings is 2. The molecule has 4 nitrogen and oxygen atoms in total. The van der Waals surface area contributed by atoms with Crippen molar-refractivity contribution < 1.29 is 12.8 Å². The van der Waals surface area contributed by atoms with E-state index in [-0.39, 0.29) is 5.02 Å². The topological polar surface area (TPSA) is 40.6 Å². The highest BCUT2D eigenvalue weighted by atomic mass is 35.5. The first kappa shape index (κ1) is 18.2. The summed E-state index contributed by atoms with van der Waals surface area (Å²) in [5.41, 5.74) is 2.47. The summed E-state index contributed by atoms with van der Waals surface area (Å²) in [6, 6.07) is 10.0. The Balaban J connectivity index is 1.77. The number of anilines is 1. The van der Waals surface area contributed by atoms with E-state index < -0.39 is 15.8 Å². The lowest BCUT2D eigenvalue weighted by Gasteiger charge is -2.35. The molecule has 7 heteroatoms. The normalized spacial score (nSPS) is 16.2. The Kier molecular flexibility index (Phi) is 5.04. The second kappa shape index (κ2) is 6.94. The van der Waals surface area contributed by atoms with Crippen LogP contribution >= 0.6 is 11.6 Å². The molecule has 0 unspecified atom stereocenters. The summed E-state index contributed by atoms with van der Waals surface area (Å²) >= 11 is 5.84. The summed E-state index contributed by atoms with van der Waals surface area (Å²) in [4.78, 5) is 2.38. The van der Waals surface area contributed by atoms with Crippen LogP contribution in [0.2, 0.25) is 5.02 Å². The van der Waals surface area contributed by atoms with E-state index in [2.05, 4.69) is 0 Å². The van der Waals surface area contributed by atoms with Crippen molar-refractivity contribution in [2.75, 3.05) is 31.1 Å². The average Bonchev–Trinajstić information content (AvgIpc) is 2.59. The minimum Gasteiger partial charge on any atom is -0.369 e. The van der Waals surface area contributed by atoms with Gasteiger partial charge >= 0.3 is 0 Å².